The van der Waals surface area contributed by atoms with E-state index in [1.54, 1.807) is 0 Å². The fourth-order valence-electron chi connectivity index (χ4n) is 2.73. The van der Waals surface area contributed by atoms with Crippen LogP contribution in [0.3, 0.4) is 0 Å². The molecule has 2 aliphatic heterocycles. The lowest BCUT2D eigenvalue weighted by Crippen LogP contribution is -2.40. The summed E-state index contributed by atoms with van der Waals surface area (Å²) in [6, 6.07) is 3.73. The summed E-state index contributed by atoms with van der Waals surface area (Å²) < 4.78 is 5.95. The first-order chi connectivity index (χ1) is 7.62. The van der Waals surface area contributed by atoms with E-state index >= 15 is 0 Å². The monoisotopic (exact) mass is 257 g/mol. The Morgan fingerprint density at radius 1 is 1.38 bits per heavy atom. The molecule has 0 bridgehead atoms. The summed E-state index contributed by atoms with van der Waals surface area (Å²) in [5.41, 5.74) is 2.09. The summed E-state index contributed by atoms with van der Waals surface area (Å²) in [4.78, 5) is 0. The van der Waals surface area contributed by atoms with Gasteiger partial charge in [0.05, 0.1) is 12.2 Å². The summed E-state index contributed by atoms with van der Waals surface area (Å²) in [6.45, 7) is 4.48. The van der Waals surface area contributed by atoms with Crippen molar-refractivity contribution in [3.05, 3.63) is 33.3 Å². The smallest absolute Gasteiger partial charge is 0.0863 e. The van der Waals surface area contributed by atoms with Crippen molar-refractivity contribution in [3.8, 4) is 0 Å². The van der Waals surface area contributed by atoms with Gasteiger partial charge in [0, 0.05) is 34.6 Å². The third-order valence-corrected chi connectivity index (χ3v) is 4.39. The number of hydrogen-bond acceptors (Lipinski definition) is 2. The van der Waals surface area contributed by atoms with Crippen molar-refractivity contribution in [2.24, 2.45) is 0 Å². The first-order valence-electron chi connectivity index (χ1n) is 5.43. The molecule has 4 heteroatoms. The summed E-state index contributed by atoms with van der Waals surface area (Å²) in [7, 11) is 0. The molecule has 3 rings (SSSR count). The first kappa shape index (κ1) is 10.8. The molecule has 2 atom stereocenters. The zero-order valence-corrected chi connectivity index (χ0v) is 10.5. The van der Waals surface area contributed by atoms with Crippen LogP contribution in [-0.2, 0) is 11.3 Å². The van der Waals surface area contributed by atoms with E-state index in [9.17, 15) is 0 Å². The predicted octanol–water partition coefficient (Wildman–Crippen LogP) is 2.97. The molecule has 1 aromatic carbocycles. The average Bonchev–Trinajstić information content (AvgIpc) is 2.64. The van der Waals surface area contributed by atoms with Gasteiger partial charge in [-0.1, -0.05) is 23.2 Å². The van der Waals surface area contributed by atoms with Crippen LogP contribution in [0, 0.1) is 0 Å². The van der Waals surface area contributed by atoms with Crippen LogP contribution in [0.2, 0.25) is 10.0 Å². The van der Waals surface area contributed by atoms with E-state index in [1.165, 1.54) is 5.56 Å². The normalized spacial score (nSPS) is 32.3. The van der Waals surface area contributed by atoms with Crippen molar-refractivity contribution in [2.75, 3.05) is 13.1 Å². The van der Waals surface area contributed by atoms with E-state index in [-0.39, 0.29) is 5.60 Å². The van der Waals surface area contributed by atoms with E-state index in [0.29, 0.717) is 12.5 Å². The Balaban J connectivity index is 2.19. The lowest BCUT2D eigenvalue weighted by molar-refractivity contribution is -0.0516. The second-order valence-electron chi connectivity index (χ2n) is 4.71. The lowest BCUT2D eigenvalue weighted by atomic mass is 9.81. The van der Waals surface area contributed by atoms with Gasteiger partial charge in [0.1, 0.15) is 0 Å². The van der Waals surface area contributed by atoms with Gasteiger partial charge in [-0.2, -0.15) is 0 Å². The molecule has 2 aliphatic rings. The maximum absolute atomic E-state index is 6.30. The highest BCUT2D eigenvalue weighted by atomic mass is 35.5. The third-order valence-electron chi connectivity index (χ3n) is 3.70. The molecule has 1 N–H and O–H groups in total. The minimum atomic E-state index is -0.138. The maximum Gasteiger partial charge on any atom is 0.0863 e. The molecule has 0 aromatic heterocycles. The molecule has 0 saturated carbocycles. The van der Waals surface area contributed by atoms with Crippen LogP contribution in [-0.4, -0.2) is 18.7 Å². The van der Waals surface area contributed by atoms with Gasteiger partial charge < -0.3 is 10.1 Å². The maximum atomic E-state index is 6.30. The van der Waals surface area contributed by atoms with Crippen molar-refractivity contribution >= 4 is 23.2 Å². The highest BCUT2D eigenvalue weighted by molar-refractivity contribution is 6.34. The van der Waals surface area contributed by atoms with Gasteiger partial charge in [0.25, 0.3) is 0 Å². The van der Waals surface area contributed by atoms with E-state index in [1.807, 2.05) is 12.1 Å². The quantitative estimate of drug-likeness (QED) is 0.772. The molecule has 0 amide bonds. The Hall–Kier alpha value is -0.280. The molecule has 16 heavy (non-hydrogen) atoms. The predicted molar refractivity (Wildman–Crippen MR) is 65.3 cm³/mol. The minimum absolute atomic E-state index is 0.138. The number of benzene rings is 1. The summed E-state index contributed by atoms with van der Waals surface area (Å²) >= 11 is 12.5. The van der Waals surface area contributed by atoms with Crippen molar-refractivity contribution in [1.82, 2.24) is 5.32 Å². The van der Waals surface area contributed by atoms with Gasteiger partial charge in [-0.05, 0) is 24.6 Å². The van der Waals surface area contributed by atoms with Crippen LogP contribution in [0.25, 0.3) is 0 Å². The topological polar surface area (TPSA) is 21.3 Å². The molecular formula is C12H13Cl2NO. The molecule has 0 aliphatic carbocycles. The van der Waals surface area contributed by atoms with Crippen LogP contribution in [0.15, 0.2) is 12.1 Å². The Morgan fingerprint density at radius 3 is 2.94 bits per heavy atom. The van der Waals surface area contributed by atoms with Gasteiger partial charge >= 0.3 is 0 Å². The number of ether oxygens (including phenoxy) is 1. The molecular weight excluding hydrogens is 245 g/mol. The molecule has 2 nitrogen and oxygen atoms in total. The van der Waals surface area contributed by atoms with E-state index in [0.717, 1.165) is 28.7 Å². The highest BCUT2D eigenvalue weighted by Gasteiger charge is 2.45. The number of hydrogen-bond donors (Lipinski definition) is 1. The van der Waals surface area contributed by atoms with Crippen LogP contribution in [0.4, 0.5) is 0 Å². The highest BCUT2D eigenvalue weighted by Crippen LogP contribution is 2.45. The molecule has 0 unspecified atom stereocenters. The third kappa shape index (κ3) is 1.41. The van der Waals surface area contributed by atoms with E-state index < -0.39 is 0 Å². The molecule has 0 radical (unpaired) electrons. The fourth-order valence-corrected chi connectivity index (χ4v) is 3.26. The average molecular weight is 258 g/mol. The Morgan fingerprint density at radius 2 is 2.12 bits per heavy atom. The molecule has 86 valence electrons. The van der Waals surface area contributed by atoms with Crippen molar-refractivity contribution in [1.29, 1.82) is 0 Å². The summed E-state index contributed by atoms with van der Waals surface area (Å²) in [6.07, 6.45) is 0. The van der Waals surface area contributed by atoms with Gasteiger partial charge in [-0.15, -0.1) is 0 Å². The number of fused-ring (bicyclic) bond motifs is 3. The Bertz CT molecular complexity index is 449. The fraction of sp³-hybridized carbons (Fsp3) is 0.500. The lowest BCUT2D eigenvalue weighted by Gasteiger charge is -2.37. The number of rotatable bonds is 0. The van der Waals surface area contributed by atoms with Gasteiger partial charge in [-0.3, -0.25) is 0 Å². The molecule has 1 fully saturated rings. The Labute approximate surface area is 105 Å². The molecule has 1 saturated heterocycles. The first-order valence-corrected chi connectivity index (χ1v) is 6.19. The van der Waals surface area contributed by atoms with Crippen LogP contribution in [0.5, 0.6) is 0 Å². The van der Waals surface area contributed by atoms with Crippen molar-refractivity contribution in [3.63, 3.8) is 0 Å². The Kier molecular flexibility index (Phi) is 2.44. The van der Waals surface area contributed by atoms with Crippen LogP contribution < -0.4 is 5.32 Å². The van der Waals surface area contributed by atoms with Crippen LogP contribution in [0.1, 0.15) is 24.0 Å². The van der Waals surface area contributed by atoms with Crippen molar-refractivity contribution in [2.45, 2.75) is 25.0 Å². The number of nitrogens with one attached hydrogen (secondary N) is 1. The number of halogens is 2. The summed E-state index contributed by atoms with van der Waals surface area (Å²) in [5.74, 6) is 0.308. The zero-order valence-electron chi connectivity index (χ0n) is 9.02. The second-order valence-corrected chi connectivity index (χ2v) is 5.52. The van der Waals surface area contributed by atoms with Gasteiger partial charge in [0.15, 0.2) is 0 Å². The van der Waals surface area contributed by atoms with Gasteiger partial charge in [-0.25, -0.2) is 0 Å². The van der Waals surface area contributed by atoms with Crippen molar-refractivity contribution < 1.29 is 4.74 Å². The molecule has 0 spiro atoms. The zero-order chi connectivity index (χ0) is 11.3. The van der Waals surface area contributed by atoms with E-state index in [4.69, 9.17) is 27.9 Å². The molecule has 2 heterocycles. The van der Waals surface area contributed by atoms with Gasteiger partial charge in [0.2, 0.25) is 0 Å². The standard InChI is InChI=1S/C12H13Cl2NO/c1-12-6-15-4-8(12)11-7(5-16-12)9(13)2-3-10(11)14/h2-3,8,15H,4-6H2,1H3/t8-,12-/m0/s1. The SMILES string of the molecule is C[C@]12CNC[C@H]1c1c(Cl)ccc(Cl)c1CO2. The largest absolute Gasteiger partial charge is 0.369 e. The second kappa shape index (κ2) is 3.61. The summed E-state index contributed by atoms with van der Waals surface area (Å²) in [5, 5.41) is 4.93. The minimum Gasteiger partial charge on any atom is -0.369 e. The van der Waals surface area contributed by atoms with Crippen LogP contribution >= 0.6 is 23.2 Å². The molecule has 1 aromatic rings. The van der Waals surface area contributed by atoms with E-state index in [2.05, 4.69) is 12.2 Å².